The van der Waals surface area contributed by atoms with Crippen LogP contribution < -0.4 is 0 Å². The van der Waals surface area contributed by atoms with Gasteiger partial charge in [-0.3, -0.25) is 4.79 Å². The lowest BCUT2D eigenvalue weighted by Gasteiger charge is -2.09. The molecule has 0 spiro atoms. The predicted octanol–water partition coefficient (Wildman–Crippen LogP) is -0.377. The lowest BCUT2D eigenvalue weighted by Crippen LogP contribution is -2.24. The van der Waals surface area contributed by atoms with Crippen LogP contribution in [0.4, 0.5) is 0 Å². The van der Waals surface area contributed by atoms with Crippen molar-refractivity contribution in [1.29, 1.82) is 0 Å². The number of carbonyl (C=O) groups is 1. The zero-order valence-electron chi connectivity index (χ0n) is 5.72. The topological polar surface area (TPSA) is 40.5 Å². The fourth-order valence-electron chi connectivity index (χ4n) is 0.384. The molecule has 0 fully saturated rings. The van der Waals surface area contributed by atoms with Crippen LogP contribution >= 0.6 is 0 Å². The molecule has 3 nitrogen and oxygen atoms in total. The lowest BCUT2D eigenvalue weighted by molar-refractivity contribution is -0.125. The summed E-state index contributed by atoms with van der Waals surface area (Å²) in [5.41, 5.74) is 0.222. The van der Waals surface area contributed by atoms with E-state index in [1.807, 2.05) is 0 Å². The van der Waals surface area contributed by atoms with Gasteiger partial charge in [0.2, 0.25) is 0 Å². The molecule has 0 heterocycles. The molecule has 1 N–H and O–H groups in total. The number of hydrogen-bond donors (Lipinski definition) is 1. The largest absolute Gasteiger partial charge is 0.391 e. The molecule has 0 radical (unpaired) electrons. The highest BCUT2D eigenvalue weighted by atomic mass is 16.3. The van der Waals surface area contributed by atoms with Crippen LogP contribution in [-0.4, -0.2) is 36.6 Å². The monoisotopic (exact) mass is 129 g/mol. The molecule has 0 aromatic rings. The molecule has 3 heteroatoms. The maximum atomic E-state index is 10.7. The Balaban J connectivity index is 3.89. The SMILES string of the molecule is C=C(CO)C(=O)N(C)C. The van der Waals surface area contributed by atoms with E-state index in [0.29, 0.717) is 0 Å². The normalized spacial score (nSPS) is 8.78. The number of aliphatic hydroxyl groups is 1. The molecule has 0 aromatic heterocycles. The average molecular weight is 129 g/mol. The van der Waals surface area contributed by atoms with Crippen LogP contribution in [-0.2, 0) is 4.79 Å². The summed E-state index contributed by atoms with van der Waals surface area (Å²) in [4.78, 5) is 12.1. The Bertz CT molecular complexity index is 129. The summed E-state index contributed by atoms with van der Waals surface area (Å²) in [6.45, 7) is 3.09. The molecule has 0 rings (SSSR count). The first-order valence-corrected chi connectivity index (χ1v) is 2.60. The number of likely N-dealkylation sites (N-methyl/N-ethyl adjacent to an activating group) is 1. The van der Waals surface area contributed by atoms with E-state index in [-0.39, 0.29) is 18.1 Å². The van der Waals surface area contributed by atoms with Crippen molar-refractivity contribution in [3.05, 3.63) is 12.2 Å². The van der Waals surface area contributed by atoms with Crippen LogP contribution in [0.25, 0.3) is 0 Å². The zero-order valence-corrected chi connectivity index (χ0v) is 5.72. The van der Waals surface area contributed by atoms with E-state index >= 15 is 0 Å². The maximum Gasteiger partial charge on any atom is 0.250 e. The van der Waals surface area contributed by atoms with Gasteiger partial charge in [0, 0.05) is 19.7 Å². The van der Waals surface area contributed by atoms with Gasteiger partial charge in [0.25, 0.3) is 5.91 Å². The highest BCUT2D eigenvalue weighted by molar-refractivity contribution is 5.92. The van der Waals surface area contributed by atoms with E-state index in [1.54, 1.807) is 14.1 Å². The Morgan fingerprint density at radius 3 is 2.22 bits per heavy atom. The summed E-state index contributed by atoms with van der Waals surface area (Å²) in [5, 5.41) is 8.41. The molecule has 0 aliphatic heterocycles. The molecular formula is C6H11NO2. The highest BCUT2D eigenvalue weighted by Gasteiger charge is 2.05. The van der Waals surface area contributed by atoms with Crippen molar-refractivity contribution in [2.75, 3.05) is 20.7 Å². The van der Waals surface area contributed by atoms with Crippen molar-refractivity contribution in [1.82, 2.24) is 4.90 Å². The molecule has 0 aliphatic carbocycles. The summed E-state index contributed by atoms with van der Waals surface area (Å²) in [6.07, 6.45) is 0. The Morgan fingerprint density at radius 1 is 1.67 bits per heavy atom. The number of nitrogens with zero attached hydrogens (tertiary/aromatic N) is 1. The fraction of sp³-hybridized carbons (Fsp3) is 0.500. The van der Waals surface area contributed by atoms with Gasteiger partial charge in [0.1, 0.15) is 0 Å². The second-order valence-corrected chi connectivity index (χ2v) is 1.96. The zero-order chi connectivity index (χ0) is 7.44. The summed E-state index contributed by atoms with van der Waals surface area (Å²) in [5.74, 6) is -0.225. The van der Waals surface area contributed by atoms with Crippen molar-refractivity contribution in [2.24, 2.45) is 0 Å². The van der Waals surface area contributed by atoms with E-state index in [4.69, 9.17) is 5.11 Å². The first-order valence-electron chi connectivity index (χ1n) is 2.60. The van der Waals surface area contributed by atoms with Crippen molar-refractivity contribution < 1.29 is 9.90 Å². The van der Waals surface area contributed by atoms with Crippen LogP contribution in [0.2, 0.25) is 0 Å². The van der Waals surface area contributed by atoms with E-state index in [2.05, 4.69) is 6.58 Å². The number of aliphatic hydroxyl groups excluding tert-OH is 1. The van der Waals surface area contributed by atoms with Crippen LogP contribution in [0.1, 0.15) is 0 Å². The second kappa shape index (κ2) is 3.25. The summed E-state index contributed by atoms with van der Waals surface area (Å²) < 4.78 is 0. The van der Waals surface area contributed by atoms with Crippen molar-refractivity contribution in [2.45, 2.75) is 0 Å². The van der Waals surface area contributed by atoms with Gasteiger partial charge in [-0.05, 0) is 0 Å². The number of amides is 1. The standard InChI is InChI=1S/C6H11NO2/c1-5(4-8)6(9)7(2)3/h8H,1,4H2,2-3H3. The van der Waals surface area contributed by atoms with Crippen LogP contribution in [0.5, 0.6) is 0 Å². The van der Waals surface area contributed by atoms with Crippen LogP contribution in [0.15, 0.2) is 12.2 Å². The van der Waals surface area contributed by atoms with Crippen molar-refractivity contribution in [3.8, 4) is 0 Å². The van der Waals surface area contributed by atoms with Gasteiger partial charge in [-0.25, -0.2) is 0 Å². The minimum atomic E-state index is -0.267. The van der Waals surface area contributed by atoms with Gasteiger partial charge in [-0.15, -0.1) is 0 Å². The molecule has 0 aliphatic rings. The molecule has 0 unspecified atom stereocenters. The van der Waals surface area contributed by atoms with Crippen molar-refractivity contribution >= 4 is 5.91 Å². The van der Waals surface area contributed by atoms with E-state index in [9.17, 15) is 4.79 Å². The Kier molecular flexibility index (Phi) is 2.95. The second-order valence-electron chi connectivity index (χ2n) is 1.96. The smallest absolute Gasteiger partial charge is 0.250 e. The summed E-state index contributed by atoms with van der Waals surface area (Å²) >= 11 is 0. The summed E-state index contributed by atoms with van der Waals surface area (Å²) in [6, 6.07) is 0. The molecule has 52 valence electrons. The molecule has 1 amide bonds. The third-order valence-electron chi connectivity index (χ3n) is 0.899. The predicted molar refractivity (Wildman–Crippen MR) is 34.9 cm³/mol. The molecule has 9 heavy (non-hydrogen) atoms. The minimum Gasteiger partial charge on any atom is -0.391 e. The maximum absolute atomic E-state index is 10.7. The van der Waals surface area contributed by atoms with Crippen molar-refractivity contribution in [3.63, 3.8) is 0 Å². The molecule has 0 atom stereocenters. The molecule has 0 bridgehead atoms. The minimum absolute atomic E-state index is 0.222. The lowest BCUT2D eigenvalue weighted by atomic mass is 10.3. The third kappa shape index (κ3) is 2.28. The van der Waals surface area contributed by atoms with Gasteiger partial charge in [-0.1, -0.05) is 6.58 Å². The Hall–Kier alpha value is -0.830. The van der Waals surface area contributed by atoms with Gasteiger partial charge in [-0.2, -0.15) is 0 Å². The first kappa shape index (κ1) is 8.17. The molecular weight excluding hydrogens is 118 g/mol. The highest BCUT2D eigenvalue weighted by Crippen LogP contribution is 1.91. The van der Waals surface area contributed by atoms with E-state index in [0.717, 1.165) is 0 Å². The molecule has 0 saturated heterocycles. The van der Waals surface area contributed by atoms with E-state index in [1.165, 1.54) is 4.90 Å². The van der Waals surface area contributed by atoms with Gasteiger partial charge >= 0.3 is 0 Å². The van der Waals surface area contributed by atoms with Gasteiger partial charge < -0.3 is 10.0 Å². The number of hydrogen-bond acceptors (Lipinski definition) is 2. The van der Waals surface area contributed by atoms with Crippen LogP contribution in [0.3, 0.4) is 0 Å². The summed E-state index contributed by atoms with van der Waals surface area (Å²) in [7, 11) is 3.23. The van der Waals surface area contributed by atoms with Gasteiger partial charge in [0.05, 0.1) is 6.61 Å². The van der Waals surface area contributed by atoms with Gasteiger partial charge in [0.15, 0.2) is 0 Å². The Labute approximate surface area is 54.6 Å². The Morgan fingerprint density at radius 2 is 2.11 bits per heavy atom. The third-order valence-corrected chi connectivity index (χ3v) is 0.899. The first-order chi connectivity index (χ1) is 4.09. The fourth-order valence-corrected chi connectivity index (χ4v) is 0.384. The number of rotatable bonds is 2. The van der Waals surface area contributed by atoms with Crippen LogP contribution in [0, 0.1) is 0 Å². The average Bonchev–Trinajstić information content (AvgIpc) is 1.84. The van der Waals surface area contributed by atoms with E-state index < -0.39 is 0 Å². The quantitative estimate of drug-likeness (QED) is 0.516. The number of carbonyl (C=O) groups excluding carboxylic acids is 1. The molecule has 0 aromatic carbocycles. The molecule has 0 saturated carbocycles.